The van der Waals surface area contributed by atoms with Crippen LogP contribution in [-0.4, -0.2) is 11.7 Å². The Morgan fingerprint density at radius 3 is 2.38 bits per heavy atom. The van der Waals surface area contributed by atoms with E-state index in [0.717, 1.165) is 22.6 Å². The van der Waals surface area contributed by atoms with Crippen LogP contribution in [0.5, 0.6) is 0 Å². The lowest BCUT2D eigenvalue weighted by Gasteiger charge is -2.33. The number of nitrogens with one attached hydrogen (secondary N) is 1. The molecule has 1 aliphatic heterocycles. The largest absolute Gasteiger partial charge is 0.467 e. The average molecular weight is 455 g/mol. The number of ketones is 1. The van der Waals surface area contributed by atoms with Crippen LogP contribution >= 0.6 is 0 Å². The summed E-state index contributed by atoms with van der Waals surface area (Å²) >= 11 is 0. The number of fused-ring (bicyclic) bond motifs is 1. The third kappa shape index (κ3) is 3.85. The van der Waals surface area contributed by atoms with Crippen LogP contribution in [-0.2, 0) is 15.0 Å². The highest BCUT2D eigenvalue weighted by atomic mass is 16.3. The molecule has 0 spiro atoms. The molecule has 2 atom stereocenters. The van der Waals surface area contributed by atoms with Crippen molar-refractivity contribution in [3.63, 3.8) is 0 Å². The lowest BCUT2D eigenvalue weighted by Crippen LogP contribution is -2.37. The summed E-state index contributed by atoms with van der Waals surface area (Å²) in [5, 5.41) is 3.53. The summed E-state index contributed by atoms with van der Waals surface area (Å²) in [5.74, 6) is 0.555. The Balaban J connectivity index is 1.61. The lowest BCUT2D eigenvalue weighted by molar-refractivity contribution is -0.117. The van der Waals surface area contributed by atoms with Gasteiger partial charge in [0.15, 0.2) is 5.78 Å². The zero-order valence-electron chi connectivity index (χ0n) is 20.1. The lowest BCUT2D eigenvalue weighted by atomic mass is 9.78. The van der Waals surface area contributed by atoms with Crippen molar-refractivity contribution in [1.29, 1.82) is 0 Å². The number of rotatable bonds is 2. The Bertz CT molecular complexity index is 1260. The van der Waals surface area contributed by atoms with Gasteiger partial charge in [0.05, 0.1) is 17.6 Å². The molecule has 0 unspecified atom stereocenters. The highest BCUT2D eigenvalue weighted by Gasteiger charge is 2.42. The molecule has 3 aromatic rings. The van der Waals surface area contributed by atoms with E-state index in [2.05, 4.69) is 50.4 Å². The molecule has 34 heavy (non-hydrogen) atoms. The number of benzene rings is 2. The van der Waals surface area contributed by atoms with E-state index in [0.29, 0.717) is 24.2 Å². The molecule has 0 fully saturated rings. The molecule has 1 amide bonds. The van der Waals surface area contributed by atoms with Gasteiger partial charge in [-0.05, 0) is 53.1 Å². The molecule has 1 aliphatic carbocycles. The van der Waals surface area contributed by atoms with E-state index < -0.39 is 6.04 Å². The third-order valence-electron chi connectivity index (χ3n) is 6.89. The second-order valence-corrected chi connectivity index (χ2v) is 10.2. The van der Waals surface area contributed by atoms with Gasteiger partial charge in [-0.1, -0.05) is 57.2 Å². The molecular weight excluding hydrogens is 424 g/mol. The highest BCUT2D eigenvalue weighted by Crippen LogP contribution is 2.47. The summed E-state index contributed by atoms with van der Waals surface area (Å²) in [4.78, 5) is 28.3. The Kier molecular flexibility index (Phi) is 5.43. The maximum atomic E-state index is 13.7. The number of nitrogens with zero attached hydrogens (tertiary/aromatic N) is 1. The minimum absolute atomic E-state index is 0.0408. The number of carbonyl (C=O) groups excluding carboxylic acids is 2. The number of para-hydroxylation sites is 2. The quantitative estimate of drug-likeness (QED) is 0.480. The molecular formula is C29H30N2O3. The standard InChI is InChI=1S/C29H30N2O3/c1-18(32)31-24-9-6-5-8-22(24)30-23-16-20(19-11-13-21(14-12-19)29(2,3)4)17-25(33)27(23)28(31)26-10-7-15-34-26/h5-15,20,28,30H,16-17H2,1-4H3/t20-,28+/m0/s1. The van der Waals surface area contributed by atoms with Gasteiger partial charge < -0.3 is 9.73 Å². The van der Waals surface area contributed by atoms with Crippen molar-refractivity contribution >= 4 is 23.1 Å². The van der Waals surface area contributed by atoms with Crippen LogP contribution in [0.2, 0.25) is 0 Å². The van der Waals surface area contributed by atoms with E-state index >= 15 is 0 Å². The molecule has 5 nitrogen and oxygen atoms in total. The zero-order chi connectivity index (χ0) is 24.0. The maximum absolute atomic E-state index is 13.7. The number of anilines is 2. The molecule has 1 N–H and O–H groups in total. The number of furan rings is 1. The van der Waals surface area contributed by atoms with Crippen LogP contribution in [0, 0.1) is 0 Å². The van der Waals surface area contributed by atoms with E-state index in [1.54, 1.807) is 17.2 Å². The predicted molar refractivity (Wildman–Crippen MR) is 134 cm³/mol. The van der Waals surface area contributed by atoms with Gasteiger partial charge in [-0.3, -0.25) is 14.5 Å². The summed E-state index contributed by atoms with van der Waals surface area (Å²) in [5.41, 5.74) is 5.54. The number of Topliss-reactive ketones (excluding diaryl/α,β-unsaturated/α-hetero) is 1. The smallest absolute Gasteiger partial charge is 0.224 e. The normalized spacial score (nSPS) is 20.4. The molecule has 5 rings (SSSR count). The number of carbonyl (C=O) groups is 2. The first kappa shape index (κ1) is 22.2. The van der Waals surface area contributed by atoms with Crippen LogP contribution < -0.4 is 10.2 Å². The van der Waals surface area contributed by atoms with Crippen molar-refractivity contribution < 1.29 is 14.0 Å². The van der Waals surface area contributed by atoms with Gasteiger partial charge in [0, 0.05) is 24.6 Å². The zero-order valence-corrected chi connectivity index (χ0v) is 20.1. The molecule has 2 heterocycles. The first-order chi connectivity index (χ1) is 16.2. The van der Waals surface area contributed by atoms with E-state index in [1.165, 1.54) is 12.5 Å². The third-order valence-corrected chi connectivity index (χ3v) is 6.89. The first-order valence-electron chi connectivity index (χ1n) is 11.8. The predicted octanol–water partition coefficient (Wildman–Crippen LogP) is 6.50. The fourth-order valence-electron chi connectivity index (χ4n) is 5.15. The molecule has 0 bridgehead atoms. The number of hydrogen-bond donors (Lipinski definition) is 1. The summed E-state index contributed by atoms with van der Waals surface area (Å²) in [6.07, 6.45) is 2.67. The van der Waals surface area contributed by atoms with Crippen LogP contribution in [0.15, 0.2) is 82.6 Å². The van der Waals surface area contributed by atoms with Crippen molar-refractivity contribution in [3.05, 3.63) is 95.1 Å². The molecule has 1 aromatic heterocycles. The topological polar surface area (TPSA) is 62.6 Å². The second-order valence-electron chi connectivity index (χ2n) is 10.2. The average Bonchev–Trinajstić information content (AvgIpc) is 3.27. The highest BCUT2D eigenvalue weighted by molar-refractivity contribution is 6.05. The molecule has 0 saturated carbocycles. The van der Waals surface area contributed by atoms with E-state index in [9.17, 15) is 9.59 Å². The molecule has 2 aromatic carbocycles. The van der Waals surface area contributed by atoms with E-state index in [-0.39, 0.29) is 23.0 Å². The minimum Gasteiger partial charge on any atom is -0.467 e. The summed E-state index contributed by atoms with van der Waals surface area (Å²) in [6, 6.07) is 19.4. The number of amides is 1. The van der Waals surface area contributed by atoms with Crippen molar-refractivity contribution in [2.24, 2.45) is 0 Å². The number of allylic oxidation sites excluding steroid dienone is 1. The molecule has 2 aliphatic rings. The fraction of sp³-hybridized carbons (Fsp3) is 0.310. The Morgan fingerprint density at radius 1 is 1.00 bits per heavy atom. The van der Waals surface area contributed by atoms with Crippen LogP contribution in [0.4, 0.5) is 11.4 Å². The van der Waals surface area contributed by atoms with Gasteiger partial charge in [-0.15, -0.1) is 0 Å². The van der Waals surface area contributed by atoms with E-state index in [4.69, 9.17) is 4.42 Å². The molecule has 0 saturated heterocycles. The Morgan fingerprint density at radius 2 is 1.74 bits per heavy atom. The van der Waals surface area contributed by atoms with Crippen molar-refractivity contribution in [1.82, 2.24) is 0 Å². The Hall–Kier alpha value is -3.60. The summed E-state index contributed by atoms with van der Waals surface area (Å²) in [6.45, 7) is 8.13. The van der Waals surface area contributed by atoms with Crippen molar-refractivity contribution in [2.45, 2.75) is 57.9 Å². The minimum atomic E-state index is -0.602. The van der Waals surface area contributed by atoms with Gasteiger partial charge in [-0.25, -0.2) is 0 Å². The van der Waals surface area contributed by atoms with Gasteiger partial charge >= 0.3 is 0 Å². The SMILES string of the molecule is CC(=O)N1c2ccccc2NC2=C(C(=O)C[C@@H](c3ccc(C(C)(C)C)cc3)C2)[C@H]1c1ccco1. The van der Waals surface area contributed by atoms with E-state index in [1.807, 2.05) is 30.3 Å². The summed E-state index contributed by atoms with van der Waals surface area (Å²) < 4.78 is 5.77. The molecule has 174 valence electrons. The summed E-state index contributed by atoms with van der Waals surface area (Å²) in [7, 11) is 0. The van der Waals surface area contributed by atoms with Gasteiger partial charge in [0.25, 0.3) is 0 Å². The fourth-order valence-corrected chi connectivity index (χ4v) is 5.15. The van der Waals surface area contributed by atoms with Gasteiger partial charge in [0.1, 0.15) is 11.8 Å². The van der Waals surface area contributed by atoms with Crippen molar-refractivity contribution in [2.75, 3.05) is 10.2 Å². The van der Waals surface area contributed by atoms with Crippen LogP contribution in [0.3, 0.4) is 0 Å². The molecule has 5 heteroatoms. The number of hydrogen-bond acceptors (Lipinski definition) is 4. The van der Waals surface area contributed by atoms with Gasteiger partial charge in [-0.2, -0.15) is 0 Å². The van der Waals surface area contributed by atoms with Crippen LogP contribution in [0.25, 0.3) is 0 Å². The van der Waals surface area contributed by atoms with Crippen LogP contribution in [0.1, 0.15) is 69.4 Å². The second kappa shape index (κ2) is 8.32. The Labute approximate surface area is 200 Å². The van der Waals surface area contributed by atoms with Gasteiger partial charge in [0.2, 0.25) is 5.91 Å². The first-order valence-corrected chi connectivity index (χ1v) is 11.8. The monoisotopic (exact) mass is 454 g/mol. The van der Waals surface area contributed by atoms with Crippen molar-refractivity contribution in [3.8, 4) is 0 Å². The maximum Gasteiger partial charge on any atom is 0.224 e. The molecule has 0 radical (unpaired) electrons.